The second kappa shape index (κ2) is 3.14. The first-order valence-electron chi connectivity index (χ1n) is 4.33. The highest BCUT2D eigenvalue weighted by Gasteiger charge is 2.05. The fourth-order valence-electron chi connectivity index (χ4n) is 1.39. The predicted octanol–water partition coefficient (Wildman–Crippen LogP) is 1.44. The van der Waals surface area contributed by atoms with Crippen LogP contribution in [0.4, 0.5) is 5.69 Å². The second-order valence-corrected chi connectivity index (χ2v) is 3.35. The van der Waals surface area contributed by atoms with E-state index in [1.54, 1.807) is 0 Å². The van der Waals surface area contributed by atoms with Crippen molar-refractivity contribution in [3.05, 3.63) is 23.9 Å². The molecule has 0 bridgehead atoms. The standard InChI is InChI=1S/C10H11N3O/c1-13(2)7-3-4-9-8(5-7)10(6-14)12-11-9/h3-6H,1-2H3,(H,11,12). The molecule has 0 saturated carbocycles. The predicted molar refractivity (Wildman–Crippen MR) is 55.8 cm³/mol. The minimum absolute atomic E-state index is 0.531. The zero-order valence-corrected chi connectivity index (χ0v) is 8.11. The van der Waals surface area contributed by atoms with Crippen molar-refractivity contribution in [2.75, 3.05) is 19.0 Å². The van der Waals surface area contributed by atoms with Crippen molar-refractivity contribution in [3.8, 4) is 0 Å². The minimum Gasteiger partial charge on any atom is -0.378 e. The van der Waals surface area contributed by atoms with Crippen molar-refractivity contribution in [3.63, 3.8) is 0 Å². The van der Waals surface area contributed by atoms with Crippen LogP contribution in [0.5, 0.6) is 0 Å². The molecule has 4 heteroatoms. The number of H-pyrrole nitrogens is 1. The van der Waals surface area contributed by atoms with Gasteiger partial charge >= 0.3 is 0 Å². The highest BCUT2D eigenvalue weighted by Crippen LogP contribution is 2.20. The quantitative estimate of drug-likeness (QED) is 0.727. The van der Waals surface area contributed by atoms with Crippen molar-refractivity contribution in [2.45, 2.75) is 0 Å². The average molecular weight is 189 g/mol. The van der Waals surface area contributed by atoms with Crippen LogP contribution in [0.15, 0.2) is 18.2 Å². The Bertz CT molecular complexity index is 473. The number of aromatic nitrogens is 2. The molecule has 0 atom stereocenters. The number of aromatic amines is 1. The van der Waals surface area contributed by atoms with E-state index in [0.717, 1.165) is 22.9 Å². The molecule has 4 nitrogen and oxygen atoms in total. The van der Waals surface area contributed by atoms with Crippen molar-refractivity contribution >= 4 is 22.9 Å². The monoisotopic (exact) mass is 189 g/mol. The Morgan fingerprint density at radius 2 is 2.21 bits per heavy atom. The molecule has 0 aliphatic rings. The molecule has 0 radical (unpaired) electrons. The van der Waals surface area contributed by atoms with E-state index in [1.807, 2.05) is 37.2 Å². The summed E-state index contributed by atoms with van der Waals surface area (Å²) < 4.78 is 0. The minimum atomic E-state index is 0.531. The molecule has 1 N–H and O–H groups in total. The van der Waals surface area contributed by atoms with Crippen molar-refractivity contribution in [1.82, 2.24) is 10.2 Å². The molecule has 1 aromatic carbocycles. The summed E-state index contributed by atoms with van der Waals surface area (Å²) in [5.74, 6) is 0. The summed E-state index contributed by atoms with van der Waals surface area (Å²) in [5, 5.41) is 7.57. The Hall–Kier alpha value is -1.84. The molecule has 0 saturated heterocycles. The van der Waals surface area contributed by atoms with Crippen LogP contribution in [-0.4, -0.2) is 30.6 Å². The van der Waals surface area contributed by atoms with E-state index in [-0.39, 0.29) is 0 Å². The van der Waals surface area contributed by atoms with E-state index in [2.05, 4.69) is 10.2 Å². The Kier molecular flexibility index (Phi) is 1.96. The van der Waals surface area contributed by atoms with Crippen LogP contribution >= 0.6 is 0 Å². The van der Waals surface area contributed by atoms with Gasteiger partial charge < -0.3 is 4.90 Å². The number of fused-ring (bicyclic) bond motifs is 1. The summed E-state index contributed by atoms with van der Waals surface area (Å²) in [6.45, 7) is 0. The highest BCUT2D eigenvalue weighted by molar-refractivity contribution is 5.96. The van der Waals surface area contributed by atoms with Gasteiger partial charge in [0, 0.05) is 25.2 Å². The molecule has 14 heavy (non-hydrogen) atoms. The first-order chi connectivity index (χ1) is 6.72. The number of nitrogens with zero attached hydrogens (tertiary/aromatic N) is 2. The van der Waals surface area contributed by atoms with Gasteiger partial charge in [-0.2, -0.15) is 5.10 Å². The maximum Gasteiger partial charge on any atom is 0.168 e. The molecular weight excluding hydrogens is 178 g/mol. The number of nitrogens with one attached hydrogen (secondary N) is 1. The van der Waals surface area contributed by atoms with Crippen LogP contribution in [0.1, 0.15) is 10.5 Å². The van der Waals surface area contributed by atoms with Crippen LogP contribution < -0.4 is 4.90 Å². The van der Waals surface area contributed by atoms with Crippen molar-refractivity contribution in [2.24, 2.45) is 0 Å². The Morgan fingerprint density at radius 3 is 2.86 bits per heavy atom. The number of carbonyl (C=O) groups is 1. The zero-order chi connectivity index (χ0) is 10.1. The van der Waals surface area contributed by atoms with Crippen LogP contribution in [0.25, 0.3) is 10.9 Å². The van der Waals surface area contributed by atoms with Gasteiger partial charge in [-0.05, 0) is 18.2 Å². The summed E-state index contributed by atoms with van der Waals surface area (Å²) in [5.41, 5.74) is 2.41. The molecule has 0 aliphatic carbocycles. The molecule has 2 rings (SSSR count). The molecule has 0 fully saturated rings. The van der Waals surface area contributed by atoms with E-state index >= 15 is 0 Å². The molecular formula is C10H11N3O. The van der Waals surface area contributed by atoms with E-state index in [1.165, 1.54) is 0 Å². The van der Waals surface area contributed by atoms with Gasteiger partial charge in [0.1, 0.15) is 5.69 Å². The first kappa shape index (κ1) is 8.74. The van der Waals surface area contributed by atoms with E-state index in [4.69, 9.17) is 0 Å². The van der Waals surface area contributed by atoms with Gasteiger partial charge in [-0.25, -0.2) is 0 Å². The topological polar surface area (TPSA) is 49.0 Å². The summed E-state index contributed by atoms with van der Waals surface area (Å²) in [4.78, 5) is 12.7. The van der Waals surface area contributed by atoms with Crippen LogP contribution in [-0.2, 0) is 0 Å². The number of hydrogen-bond donors (Lipinski definition) is 1. The van der Waals surface area contributed by atoms with Crippen molar-refractivity contribution < 1.29 is 4.79 Å². The SMILES string of the molecule is CN(C)c1ccc2n[nH]c(C=O)c2c1. The lowest BCUT2D eigenvalue weighted by molar-refractivity contribution is 0.112. The van der Waals surface area contributed by atoms with E-state index in [9.17, 15) is 4.79 Å². The Balaban J connectivity index is 2.67. The molecule has 2 aromatic rings. The molecule has 1 aromatic heterocycles. The number of carbonyl (C=O) groups excluding carboxylic acids is 1. The largest absolute Gasteiger partial charge is 0.378 e. The lowest BCUT2D eigenvalue weighted by Gasteiger charge is -2.11. The fourth-order valence-corrected chi connectivity index (χ4v) is 1.39. The number of benzene rings is 1. The number of aldehydes is 1. The van der Waals surface area contributed by atoms with E-state index < -0.39 is 0 Å². The third-order valence-corrected chi connectivity index (χ3v) is 2.20. The maximum atomic E-state index is 10.7. The van der Waals surface area contributed by atoms with Crippen LogP contribution in [0.2, 0.25) is 0 Å². The van der Waals surface area contributed by atoms with Gasteiger partial charge in [0.15, 0.2) is 6.29 Å². The maximum absolute atomic E-state index is 10.7. The summed E-state index contributed by atoms with van der Waals surface area (Å²) in [6, 6.07) is 5.81. The molecule has 0 amide bonds. The summed E-state index contributed by atoms with van der Waals surface area (Å²) in [6.07, 6.45) is 0.786. The van der Waals surface area contributed by atoms with Gasteiger partial charge in [0.2, 0.25) is 0 Å². The number of anilines is 1. The van der Waals surface area contributed by atoms with Crippen LogP contribution in [0.3, 0.4) is 0 Å². The Labute approximate surface area is 81.5 Å². The number of hydrogen-bond acceptors (Lipinski definition) is 3. The molecule has 72 valence electrons. The van der Waals surface area contributed by atoms with Gasteiger partial charge in [-0.1, -0.05) is 0 Å². The lowest BCUT2D eigenvalue weighted by atomic mass is 10.2. The van der Waals surface area contributed by atoms with Gasteiger partial charge in [-0.3, -0.25) is 9.89 Å². The molecule has 0 spiro atoms. The molecule has 1 heterocycles. The summed E-state index contributed by atoms with van der Waals surface area (Å²) >= 11 is 0. The van der Waals surface area contributed by atoms with Crippen LogP contribution in [0, 0.1) is 0 Å². The Morgan fingerprint density at radius 1 is 1.43 bits per heavy atom. The van der Waals surface area contributed by atoms with Gasteiger partial charge in [0.25, 0.3) is 0 Å². The van der Waals surface area contributed by atoms with E-state index in [0.29, 0.717) is 5.69 Å². The zero-order valence-electron chi connectivity index (χ0n) is 8.11. The normalized spacial score (nSPS) is 10.4. The fraction of sp³-hybridized carbons (Fsp3) is 0.200. The number of rotatable bonds is 2. The smallest absolute Gasteiger partial charge is 0.168 e. The third-order valence-electron chi connectivity index (χ3n) is 2.20. The van der Waals surface area contributed by atoms with Crippen molar-refractivity contribution in [1.29, 1.82) is 0 Å². The lowest BCUT2D eigenvalue weighted by Crippen LogP contribution is -2.07. The highest BCUT2D eigenvalue weighted by atomic mass is 16.1. The molecule has 0 unspecified atom stereocenters. The third kappa shape index (κ3) is 1.25. The first-order valence-corrected chi connectivity index (χ1v) is 4.33. The summed E-state index contributed by atoms with van der Waals surface area (Å²) in [7, 11) is 3.92. The van der Waals surface area contributed by atoms with Gasteiger partial charge in [0.05, 0.1) is 5.52 Å². The average Bonchev–Trinajstić information content (AvgIpc) is 2.59. The van der Waals surface area contributed by atoms with Gasteiger partial charge in [-0.15, -0.1) is 0 Å². The molecule has 0 aliphatic heterocycles. The second-order valence-electron chi connectivity index (χ2n) is 3.35.